The molecule has 4 amide bonds. The van der Waals surface area contributed by atoms with Crippen LogP contribution in [-0.4, -0.2) is 71.3 Å². The van der Waals surface area contributed by atoms with Crippen LogP contribution in [0.1, 0.15) is 72.7 Å². The molecule has 1 aliphatic heterocycles. The number of amides is 4. The summed E-state index contributed by atoms with van der Waals surface area (Å²) < 4.78 is 17.4. The van der Waals surface area contributed by atoms with E-state index in [0.29, 0.717) is 46.1 Å². The molecule has 1 saturated heterocycles. The van der Waals surface area contributed by atoms with Gasteiger partial charge in [0.1, 0.15) is 29.8 Å². The second-order valence-electron chi connectivity index (χ2n) is 11.8. The highest BCUT2D eigenvalue weighted by atomic mass is 19.1. The summed E-state index contributed by atoms with van der Waals surface area (Å²) in [5.41, 5.74) is 1.51. The minimum Gasteiger partial charge on any atom is -0.362 e. The minimum absolute atomic E-state index is 0.000298. The Kier molecular flexibility index (Phi) is 6.34. The van der Waals surface area contributed by atoms with Crippen LogP contribution in [0.15, 0.2) is 36.8 Å². The number of aromatic nitrogens is 6. The third kappa shape index (κ3) is 4.89. The fourth-order valence-corrected chi connectivity index (χ4v) is 5.60. The molecule has 4 aromatic heterocycles. The van der Waals surface area contributed by atoms with Crippen LogP contribution in [0.2, 0.25) is 0 Å². The van der Waals surface area contributed by atoms with E-state index in [4.69, 9.17) is 4.98 Å². The highest BCUT2D eigenvalue weighted by Crippen LogP contribution is 2.54. The molecule has 2 N–H and O–H groups in total. The van der Waals surface area contributed by atoms with Gasteiger partial charge < -0.3 is 15.0 Å². The third-order valence-corrected chi connectivity index (χ3v) is 8.38. The van der Waals surface area contributed by atoms with Crippen molar-refractivity contribution in [3.05, 3.63) is 65.4 Å². The van der Waals surface area contributed by atoms with Crippen molar-refractivity contribution in [3.63, 3.8) is 0 Å². The van der Waals surface area contributed by atoms with E-state index in [1.807, 2.05) is 29.8 Å². The smallest absolute Gasteiger partial charge is 0.331 e. The molecule has 13 nitrogen and oxygen atoms in total. The van der Waals surface area contributed by atoms with Crippen LogP contribution < -0.4 is 15.5 Å². The lowest BCUT2D eigenvalue weighted by Crippen LogP contribution is -2.30. The van der Waals surface area contributed by atoms with E-state index < -0.39 is 17.5 Å². The van der Waals surface area contributed by atoms with Gasteiger partial charge in [0, 0.05) is 43.8 Å². The number of anilines is 3. The number of carbonyl (C=O) groups excluding carboxylic acids is 3. The Labute approximate surface area is 251 Å². The predicted octanol–water partition coefficient (Wildman–Crippen LogP) is 3.81. The lowest BCUT2D eigenvalue weighted by Gasteiger charge is -2.17. The highest BCUT2D eigenvalue weighted by Gasteiger charge is 2.64. The molecule has 3 atom stereocenters. The van der Waals surface area contributed by atoms with E-state index in [1.54, 1.807) is 32.2 Å². The molecule has 2 aliphatic carbocycles. The maximum absolute atomic E-state index is 15.5. The normalized spacial score (nSPS) is 22.1. The second kappa shape index (κ2) is 10.0. The number of nitrogens with one attached hydrogen (secondary N) is 2. The molecule has 3 fully saturated rings. The summed E-state index contributed by atoms with van der Waals surface area (Å²) in [4.78, 5) is 62.6. The molecular weight excluding hydrogens is 567 g/mol. The number of hydrogen-bond acceptors (Lipinski definition) is 9. The van der Waals surface area contributed by atoms with Crippen molar-refractivity contribution in [2.45, 2.75) is 63.6 Å². The first kappa shape index (κ1) is 27.8. The molecule has 0 radical (unpaired) electrons. The quantitative estimate of drug-likeness (QED) is 0.289. The fraction of sp³-hybridized carbons (Fsp3) is 0.400. The number of likely N-dealkylation sites (N-methyl/N-ethyl adjacent to an activating group) is 1. The number of nitrogens with zero attached hydrogens (tertiary/aromatic N) is 8. The van der Waals surface area contributed by atoms with E-state index in [0.717, 1.165) is 23.3 Å². The molecule has 0 spiro atoms. The number of aryl methyl sites for hydroxylation is 2. The van der Waals surface area contributed by atoms with Crippen LogP contribution in [0.25, 0.3) is 5.65 Å². The molecule has 14 heteroatoms. The molecule has 7 rings (SSSR count). The lowest BCUT2D eigenvalue weighted by molar-refractivity contribution is -0.124. The Hall–Kier alpha value is -5.01. The molecule has 0 bridgehead atoms. The van der Waals surface area contributed by atoms with E-state index in [9.17, 15) is 14.4 Å². The first-order valence-corrected chi connectivity index (χ1v) is 14.5. The Morgan fingerprint density at radius 3 is 2.57 bits per heavy atom. The minimum atomic E-state index is -2.11. The van der Waals surface area contributed by atoms with Crippen molar-refractivity contribution in [2.24, 2.45) is 0 Å². The molecule has 3 aliphatic rings. The zero-order valence-electron chi connectivity index (χ0n) is 24.7. The third-order valence-electron chi connectivity index (χ3n) is 8.38. The Morgan fingerprint density at radius 1 is 1.09 bits per heavy atom. The van der Waals surface area contributed by atoms with Crippen molar-refractivity contribution >= 4 is 40.8 Å². The van der Waals surface area contributed by atoms with Crippen LogP contribution in [0.3, 0.4) is 0 Å². The van der Waals surface area contributed by atoms with E-state index >= 15 is 4.39 Å². The number of pyridine rings is 1. The van der Waals surface area contributed by atoms with Crippen molar-refractivity contribution in [1.29, 1.82) is 0 Å². The number of fused-ring (bicyclic) bond motifs is 1. The van der Waals surface area contributed by atoms with Crippen LogP contribution in [-0.2, 0) is 9.59 Å². The standard InChI is InChI=1S/C30H31FN10O3/c1-15-7-8-32-26(33-15)20-11-30(20,31)28(43)38-24-10-23(35-17(3)36-24)34-16(2)21-13-40-12-19(18-5-6-18)9-22(27(40)37-21)41-14-25(42)39(4)29(41)44/h7-10,12-13,16,18,20H,5-6,11,14H2,1-4H3,(H2,34,35,36,38,43)/t16-,20?,30?/m1/s1. The van der Waals surface area contributed by atoms with Crippen LogP contribution in [0.5, 0.6) is 0 Å². The van der Waals surface area contributed by atoms with Gasteiger partial charge in [-0.2, -0.15) is 0 Å². The van der Waals surface area contributed by atoms with Crippen molar-refractivity contribution in [3.8, 4) is 0 Å². The number of halogens is 1. The highest BCUT2D eigenvalue weighted by molar-refractivity contribution is 6.13. The summed E-state index contributed by atoms with van der Waals surface area (Å²) >= 11 is 0. The van der Waals surface area contributed by atoms with E-state index in [2.05, 4.69) is 30.6 Å². The molecular formula is C30H31FN10O3. The second-order valence-corrected chi connectivity index (χ2v) is 11.8. The SMILES string of the molecule is Cc1ccnc(C2CC2(F)C(=O)Nc2cc(N[C@H](C)c3cn4cc(C5CC5)cc(N5CC(=O)N(C)C5=O)c4n3)nc(C)n2)n1. The average Bonchev–Trinajstić information content (AvgIpc) is 3.88. The topological polar surface area (TPSA) is 151 Å². The Bertz CT molecular complexity index is 1860. The first-order valence-electron chi connectivity index (χ1n) is 14.5. The van der Waals surface area contributed by atoms with Crippen LogP contribution >= 0.6 is 0 Å². The summed E-state index contributed by atoms with van der Waals surface area (Å²) in [6.45, 7) is 5.34. The fourth-order valence-electron chi connectivity index (χ4n) is 5.60. The van der Waals surface area contributed by atoms with Gasteiger partial charge in [0.25, 0.3) is 5.91 Å². The molecule has 2 unspecified atom stereocenters. The molecule has 44 heavy (non-hydrogen) atoms. The molecule has 2 saturated carbocycles. The average molecular weight is 599 g/mol. The van der Waals surface area contributed by atoms with E-state index in [1.165, 1.54) is 11.9 Å². The number of hydrogen-bond donors (Lipinski definition) is 2. The Balaban J connectivity index is 1.11. The number of carbonyl (C=O) groups is 3. The molecule has 0 aromatic carbocycles. The largest absolute Gasteiger partial charge is 0.362 e. The van der Waals surface area contributed by atoms with Gasteiger partial charge in [0.2, 0.25) is 5.91 Å². The lowest BCUT2D eigenvalue weighted by atomic mass is 10.1. The summed E-state index contributed by atoms with van der Waals surface area (Å²) in [5, 5.41) is 5.89. The van der Waals surface area contributed by atoms with Crippen LogP contribution in [0, 0.1) is 13.8 Å². The van der Waals surface area contributed by atoms with Crippen molar-refractivity contribution in [2.75, 3.05) is 29.1 Å². The number of imidazole rings is 1. The molecule has 5 heterocycles. The molecule has 4 aromatic rings. The van der Waals surface area contributed by atoms with Gasteiger partial charge in [0.05, 0.1) is 23.3 Å². The maximum Gasteiger partial charge on any atom is 0.331 e. The van der Waals surface area contributed by atoms with Crippen molar-refractivity contribution in [1.82, 2.24) is 34.2 Å². The van der Waals surface area contributed by atoms with Crippen molar-refractivity contribution < 1.29 is 18.8 Å². The number of urea groups is 1. The Morgan fingerprint density at radius 2 is 1.86 bits per heavy atom. The van der Waals surface area contributed by atoms with Gasteiger partial charge in [0.15, 0.2) is 11.3 Å². The van der Waals surface area contributed by atoms with Gasteiger partial charge in [-0.05, 0) is 57.2 Å². The first-order chi connectivity index (χ1) is 21.0. The number of rotatable bonds is 8. The van der Waals surface area contributed by atoms with Gasteiger partial charge in [-0.15, -0.1) is 0 Å². The van der Waals surface area contributed by atoms with Gasteiger partial charge >= 0.3 is 6.03 Å². The zero-order valence-corrected chi connectivity index (χ0v) is 24.7. The summed E-state index contributed by atoms with van der Waals surface area (Å²) in [6, 6.07) is 4.49. The summed E-state index contributed by atoms with van der Waals surface area (Å²) in [5.74, 6) is -0.0894. The van der Waals surface area contributed by atoms with Crippen LogP contribution in [0.4, 0.5) is 26.5 Å². The predicted molar refractivity (Wildman–Crippen MR) is 158 cm³/mol. The molecule has 226 valence electrons. The summed E-state index contributed by atoms with van der Waals surface area (Å²) in [7, 11) is 1.48. The number of imide groups is 1. The van der Waals surface area contributed by atoms with Gasteiger partial charge in [-0.25, -0.2) is 34.1 Å². The monoisotopic (exact) mass is 598 g/mol. The van der Waals surface area contributed by atoms with E-state index in [-0.39, 0.29) is 36.8 Å². The number of alkyl halides is 1. The maximum atomic E-state index is 15.5. The van der Waals surface area contributed by atoms with Gasteiger partial charge in [-0.3, -0.25) is 19.4 Å². The summed E-state index contributed by atoms with van der Waals surface area (Å²) in [6.07, 6.45) is 7.62. The zero-order chi connectivity index (χ0) is 30.9. The van der Waals surface area contributed by atoms with Gasteiger partial charge in [-0.1, -0.05) is 0 Å².